The second-order valence-corrected chi connectivity index (χ2v) is 14.5. The number of carbonyl (C=O) groups is 1. The molecule has 0 aromatic carbocycles. The van der Waals surface area contributed by atoms with Crippen LogP contribution in [0.4, 0.5) is 0 Å². The van der Waals surface area contributed by atoms with Crippen molar-refractivity contribution in [2.45, 2.75) is 125 Å². The highest BCUT2D eigenvalue weighted by Crippen LogP contribution is 2.72. The van der Waals surface area contributed by atoms with E-state index < -0.39 is 0 Å². The van der Waals surface area contributed by atoms with Crippen molar-refractivity contribution in [2.75, 3.05) is 0 Å². The van der Waals surface area contributed by atoms with Crippen molar-refractivity contribution < 1.29 is 9.53 Å². The normalized spacial score (nSPS) is 42.8. The summed E-state index contributed by atoms with van der Waals surface area (Å²) in [5.74, 6) is 3.58. The molecule has 2 heteroatoms. The monoisotopic (exact) mass is 482 g/mol. The number of esters is 1. The molecule has 2 nitrogen and oxygen atoms in total. The lowest BCUT2D eigenvalue weighted by Gasteiger charge is -2.63. The lowest BCUT2D eigenvalue weighted by atomic mass is 9.43. The largest absolute Gasteiger partial charge is 0.458 e. The number of ether oxygens (including phenoxy) is 1. The van der Waals surface area contributed by atoms with Crippen molar-refractivity contribution in [1.29, 1.82) is 0 Å². The summed E-state index contributed by atoms with van der Waals surface area (Å²) in [5, 5.41) is 0. The Morgan fingerprint density at radius 1 is 1.03 bits per heavy atom. The minimum Gasteiger partial charge on any atom is -0.458 e. The van der Waals surface area contributed by atoms with Gasteiger partial charge in [0.1, 0.15) is 5.60 Å². The molecule has 1 saturated heterocycles. The molecule has 0 bridgehead atoms. The fraction of sp³-hybridized carbons (Fsp3) is 0.848. The zero-order valence-electron chi connectivity index (χ0n) is 24.3. The second-order valence-electron chi connectivity index (χ2n) is 14.5. The van der Waals surface area contributed by atoms with Crippen molar-refractivity contribution in [2.24, 2.45) is 51.8 Å². The summed E-state index contributed by atoms with van der Waals surface area (Å²) < 4.78 is 6.35. The van der Waals surface area contributed by atoms with Gasteiger partial charge < -0.3 is 4.74 Å². The van der Waals surface area contributed by atoms with Crippen LogP contribution in [0, 0.1) is 51.8 Å². The van der Waals surface area contributed by atoms with E-state index in [0.717, 1.165) is 25.2 Å². The van der Waals surface area contributed by atoms with Gasteiger partial charge in [-0.15, -0.1) is 0 Å². The zero-order chi connectivity index (χ0) is 26.0. The van der Waals surface area contributed by atoms with Gasteiger partial charge in [0.2, 0.25) is 0 Å². The topological polar surface area (TPSA) is 26.3 Å². The minimum absolute atomic E-state index is 0.0255. The Kier molecular flexibility index (Phi) is 6.98. The van der Waals surface area contributed by atoms with E-state index in [1.807, 2.05) is 0 Å². The lowest BCUT2D eigenvalue weighted by molar-refractivity contribution is -0.196. The van der Waals surface area contributed by atoms with Crippen LogP contribution < -0.4 is 0 Å². The molecule has 1 aliphatic heterocycles. The van der Waals surface area contributed by atoms with Gasteiger partial charge >= 0.3 is 5.97 Å². The average Bonchev–Trinajstić information content (AvgIpc) is 3.30. The van der Waals surface area contributed by atoms with Crippen LogP contribution in [0.5, 0.6) is 0 Å². The Morgan fingerprint density at radius 3 is 2.26 bits per heavy atom. The summed E-state index contributed by atoms with van der Waals surface area (Å²) in [5.41, 5.74) is 3.30. The van der Waals surface area contributed by atoms with Crippen molar-refractivity contribution >= 4 is 5.97 Å². The molecule has 0 radical (unpaired) electrons. The predicted octanol–water partition coefficient (Wildman–Crippen LogP) is 9.15. The molecule has 0 unspecified atom stereocenters. The average molecular weight is 483 g/mol. The Bertz CT molecular complexity index is 868. The highest BCUT2D eigenvalue weighted by Gasteiger charge is 2.68. The quantitative estimate of drug-likeness (QED) is 0.267. The van der Waals surface area contributed by atoms with Crippen LogP contribution in [0.3, 0.4) is 0 Å². The molecule has 9 atom stereocenters. The smallest absolute Gasteiger partial charge is 0.306 e. The summed E-state index contributed by atoms with van der Waals surface area (Å²) in [4.78, 5) is 12.5. The van der Waals surface area contributed by atoms with Gasteiger partial charge in [0, 0.05) is 18.3 Å². The SMILES string of the molecule is C=C(C)[C@@H]1CC[C@@H]2[C@H](CC[C@]3(C)[C@@H]([C@H](C)C[C@H](C)C(=C)C(C)(C)CC)CC[C@@]23C)[C@]12CCC(=O)O2. The first-order valence-corrected chi connectivity index (χ1v) is 14.8. The fourth-order valence-corrected chi connectivity index (χ4v) is 10.1. The van der Waals surface area contributed by atoms with Crippen LogP contribution >= 0.6 is 0 Å². The molecule has 1 spiro atoms. The molecular weight excluding hydrogens is 428 g/mol. The van der Waals surface area contributed by atoms with E-state index in [2.05, 4.69) is 68.5 Å². The molecule has 4 rings (SSSR count). The number of fused-ring (bicyclic) bond motifs is 4. The Labute approximate surface area is 216 Å². The second kappa shape index (κ2) is 9.05. The molecule has 0 amide bonds. The van der Waals surface area contributed by atoms with Gasteiger partial charge in [0.25, 0.3) is 0 Å². The number of hydrogen-bond acceptors (Lipinski definition) is 2. The summed E-state index contributed by atoms with van der Waals surface area (Å²) in [6.07, 6.45) is 11.5. The first-order chi connectivity index (χ1) is 16.2. The third kappa shape index (κ3) is 3.99. The first-order valence-electron chi connectivity index (χ1n) is 14.8. The molecule has 198 valence electrons. The zero-order valence-corrected chi connectivity index (χ0v) is 24.3. The van der Waals surface area contributed by atoms with E-state index in [1.165, 1.54) is 49.7 Å². The molecule has 0 N–H and O–H groups in total. The first kappa shape index (κ1) is 27.0. The Hall–Kier alpha value is -1.05. The molecule has 3 saturated carbocycles. The van der Waals surface area contributed by atoms with Gasteiger partial charge in [-0.2, -0.15) is 0 Å². The number of hydrogen-bond donors (Lipinski definition) is 0. The fourth-order valence-electron chi connectivity index (χ4n) is 10.1. The Morgan fingerprint density at radius 2 is 1.69 bits per heavy atom. The third-order valence-corrected chi connectivity index (χ3v) is 12.7. The third-order valence-electron chi connectivity index (χ3n) is 12.7. The van der Waals surface area contributed by atoms with Crippen LogP contribution in [0.15, 0.2) is 24.3 Å². The highest BCUT2D eigenvalue weighted by atomic mass is 16.6. The molecule has 4 fully saturated rings. The van der Waals surface area contributed by atoms with Crippen LogP contribution in [0.2, 0.25) is 0 Å². The van der Waals surface area contributed by atoms with Gasteiger partial charge in [-0.1, -0.05) is 72.8 Å². The summed E-state index contributed by atoms with van der Waals surface area (Å²) >= 11 is 0. The molecule has 0 aromatic rings. The van der Waals surface area contributed by atoms with Crippen molar-refractivity contribution in [3.8, 4) is 0 Å². The molecule has 4 aliphatic rings. The van der Waals surface area contributed by atoms with Gasteiger partial charge in [0.05, 0.1) is 0 Å². The van der Waals surface area contributed by atoms with E-state index in [4.69, 9.17) is 4.74 Å². The van der Waals surface area contributed by atoms with Crippen molar-refractivity contribution in [1.82, 2.24) is 0 Å². The van der Waals surface area contributed by atoms with Crippen LogP contribution in [-0.2, 0) is 9.53 Å². The maximum absolute atomic E-state index is 12.5. The van der Waals surface area contributed by atoms with Crippen LogP contribution in [0.1, 0.15) is 120 Å². The number of allylic oxidation sites excluding steroid dienone is 1. The van der Waals surface area contributed by atoms with E-state index in [9.17, 15) is 4.79 Å². The van der Waals surface area contributed by atoms with E-state index in [1.54, 1.807) is 0 Å². The minimum atomic E-state index is -0.280. The van der Waals surface area contributed by atoms with Crippen molar-refractivity contribution in [3.63, 3.8) is 0 Å². The molecule has 0 aromatic heterocycles. The Balaban J connectivity index is 1.57. The van der Waals surface area contributed by atoms with Gasteiger partial charge in [-0.3, -0.25) is 4.79 Å². The van der Waals surface area contributed by atoms with E-state index >= 15 is 0 Å². The standard InChI is InChI=1S/C33H54O2/c1-11-30(7,8)24(6)22(4)20-23(5)26-14-17-32(10)27-13-12-25(21(2)3)33(19-16-29(34)35-33)28(27)15-18-31(26,32)9/h22-23,25-28H,2,6,11-20H2,1,3-5,7-10H3/t22-,23+,25-,26+,27+,28-,31+,32-,33-/m0/s1. The molecular formula is C33H54O2. The van der Waals surface area contributed by atoms with Crippen LogP contribution in [0.25, 0.3) is 0 Å². The number of carbonyl (C=O) groups excluding carboxylic acids is 1. The highest BCUT2D eigenvalue weighted by molar-refractivity contribution is 5.72. The van der Waals surface area contributed by atoms with Gasteiger partial charge in [-0.05, 0) is 105 Å². The lowest BCUT2D eigenvalue weighted by Crippen LogP contribution is -2.60. The number of rotatable bonds is 7. The van der Waals surface area contributed by atoms with E-state index in [0.29, 0.717) is 46.8 Å². The summed E-state index contributed by atoms with van der Waals surface area (Å²) in [7, 11) is 0. The van der Waals surface area contributed by atoms with Gasteiger partial charge in [0.15, 0.2) is 0 Å². The molecule has 3 aliphatic carbocycles. The van der Waals surface area contributed by atoms with Crippen molar-refractivity contribution in [3.05, 3.63) is 24.3 Å². The van der Waals surface area contributed by atoms with E-state index in [-0.39, 0.29) is 17.0 Å². The van der Waals surface area contributed by atoms with Gasteiger partial charge in [-0.25, -0.2) is 0 Å². The molecule has 35 heavy (non-hydrogen) atoms. The molecule has 1 heterocycles. The predicted molar refractivity (Wildman–Crippen MR) is 147 cm³/mol. The summed E-state index contributed by atoms with van der Waals surface area (Å²) in [6, 6.07) is 0. The maximum Gasteiger partial charge on any atom is 0.306 e. The van der Waals surface area contributed by atoms with Crippen LogP contribution in [-0.4, -0.2) is 11.6 Å². The maximum atomic E-state index is 12.5. The summed E-state index contributed by atoms with van der Waals surface area (Å²) in [6.45, 7) is 28.3.